The standard InChI is InChI=1S/C14H15ClN4O/c15-8-13-18-14-10(9-16)4-3-5-11(14)19(13)7-2-1-6-12(17)20/h3-5H,1-2,6-8H2,(H2,17,20). The van der Waals surface area contributed by atoms with Crippen LogP contribution in [-0.2, 0) is 17.2 Å². The fraction of sp³-hybridized carbons (Fsp3) is 0.357. The van der Waals surface area contributed by atoms with Crippen LogP contribution in [0.1, 0.15) is 30.7 Å². The maximum Gasteiger partial charge on any atom is 0.217 e. The molecule has 2 aromatic rings. The Morgan fingerprint density at radius 1 is 1.45 bits per heavy atom. The van der Waals surface area contributed by atoms with Crippen molar-refractivity contribution in [3.8, 4) is 6.07 Å². The van der Waals surface area contributed by atoms with Crippen molar-refractivity contribution in [1.29, 1.82) is 5.26 Å². The molecule has 5 nitrogen and oxygen atoms in total. The van der Waals surface area contributed by atoms with Crippen molar-refractivity contribution in [2.45, 2.75) is 31.7 Å². The molecule has 2 rings (SSSR count). The Morgan fingerprint density at radius 2 is 2.25 bits per heavy atom. The Balaban J connectivity index is 2.27. The summed E-state index contributed by atoms with van der Waals surface area (Å²) in [6.45, 7) is 0.709. The highest BCUT2D eigenvalue weighted by atomic mass is 35.5. The molecule has 0 aliphatic rings. The molecule has 0 aliphatic heterocycles. The number of fused-ring (bicyclic) bond motifs is 1. The maximum atomic E-state index is 10.7. The van der Waals surface area contributed by atoms with E-state index in [1.165, 1.54) is 0 Å². The summed E-state index contributed by atoms with van der Waals surface area (Å²) >= 11 is 5.92. The molecular weight excluding hydrogens is 276 g/mol. The lowest BCUT2D eigenvalue weighted by molar-refractivity contribution is -0.118. The van der Waals surface area contributed by atoms with Gasteiger partial charge in [-0.25, -0.2) is 4.98 Å². The number of benzene rings is 1. The van der Waals surface area contributed by atoms with Gasteiger partial charge in [-0.05, 0) is 25.0 Å². The number of amides is 1. The van der Waals surface area contributed by atoms with Gasteiger partial charge in [-0.1, -0.05) is 6.07 Å². The van der Waals surface area contributed by atoms with Gasteiger partial charge < -0.3 is 10.3 Å². The van der Waals surface area contributed by atoms with Crippen molar-refractivity contribution in [1.82, 2.24) is 9.55 Å². The zero-order valence-corrected chi connectivity index (χ0v) is 11.7. The monoisotopic (exact) mass is 290 g/mol. The second kappa shape index (κ2) is 6.40. The number of para-hydroxylation sites is 1. The first-order chi connectivity index (χ1) is 9.67. The summed E-state index contributed by atoms with van der Waals surface area (Å²) in [5, 5.41) is 9.10. The number of aromatic nitrogens is 2. The van der Waals surface area contributed by atoms with Crippen molar-refractivity contribution < 1.29 is 4.79 Å². The van der Waals surface area contributed by atoms with E-state index in [2.05, 4.69) is 11.1 Å². The van der Waals surface area contributed by atoms with E-state index < -0.39 is 0 Å². The number of halogens is 1. The average molecular weight is 291 g/mol. The van der Waals surface area contributed by atoms with Gasteiger partial charge in [-0.2, -0.15) is 5.26 Å². The van der Waals surface area contributed by atoms with Crippen LogP contribution in [0.3, 0.4) is 0 Å². The van der Waals surface area contributed by atoms with Gasteiger partial charge >= 0.3 is 0 Å². The Kier molecular flexibility index (Phi) is 4.59. The van der Waals surface area contributed by atoms with Gasteiger partial charge in [0.2, 0.25) is 5.91 Å². The minimum atomic E-state index is -0.287. The third-order valence-corrected chi connectivity index (χ3v) is 3.39. The van der Waals surface area contributed by atoms with E-state index >= 15 is 0 Å². The molecule has 0 radical (unpaired) electrons. The van der Waals surface area contributed by atoms with E-state index in [-0.39, 0.29) is 11.8 Å². The Bertz CT molecular complexity index is 672. The molecule has 0 saturated heterocycles. The van der Waals surface area contributed by atoms with Crippen LogP contribution in [0.4, 0.5) is 0 Å². The molecule has 0 saturated carbocycles. The fourth-order valence-electron chi connectivity index (χ4n) is 2.21. The van der Waals surface area contributed by atoms with Gasteiger partial charge in [0.05, 0.1) is 17.0 Å². The Morgan fingerprint density at radius 3 is 2.90 bits per heavy atom. The number of alkyl halides is 1. The van der Waals surface area contributed by atoms with Gasteiger partial charge in [0.25, 0.3) is 0 Å². The summed E-state index contributed by atoms with van der Waals surface area (Å²) in [7, 11) is 0. The number of hydrogen-bond acceptors (Lipinski definition) is 3. The molecule has 0 atom stereocenters. The van der Waals surface area contributed by atoms with E-state index in [1.54, 1.807) is 6.07 Å². The highest BCUT2D eigenvalue weighted by molar-refractivity contribution is 6.16. The highest BCUT2D eigenvalue weighted by Crippen LogP contribution is 2.21. The summed E-state index contributed by atoms with van der Waals surface area (Å²) in [6.07, 6.45) is 1.93. The van der Waals surface area contributed by atoms with Crippen LogP contribution in [-0.4, -0.2) is 15.5 Å². The van der Waals surface area contributed by atoms with Crippen LogP contribution < -0.4 is 5.73 Å². The minimum Gasteiger partial charge on any atom is -0.370 e. The predicted octanol–water partition coefficient (Wildman–Crippen LogP) is 2.30. The maximum absolute atomic E-state index is 10.7. The third-order valence-electron chi connectivity index (χ3n) is 3.15. The average Bonchev–Trinajstić information content (AvgIpc) is 2.81. The molecule has 1 heterocycles. The first kappa shape index (κ1) is 14.4. The molecule has 20 heavy (non-hydrogen) atoms. The normalized spacial score (nSPS) is 10.6. The van der Waals surface area contributed by atoms with Crippen LogP contribution in [0.5, 0.6) is 0 Å². The zero-order valence-electron chi connectivity index (χ0n) is 11.0. The predicted molar refractivity (Wildman–Crippen MR) is 77.1 cm³/mol. The third kappa shape index (κ3) is 2.91. The lowest BCUT2D eigenvalue weighted by Crippen LogP contribution is -2.10. The molecular formula is C14H15ClN4O. The van der Waals surface area contributed by atoms with Gasteiger partial charge in [-0.15, -0.1) is 11.6 Å². The highest BCUT2D eigenvalue weighted by Gasteiger charge is 2.12. The van der Waals surface area contributed by atoms with Crippen LogP contribution in [0, 0.1) is 11.3 Å². The number of primary amides is 1. The Hall–Kier alpha value is -2.06. The van der Waals surface area contributed by atoms with Crippen molar-refractivity contribution in [3.05, 3.63) is 29.6 Å². The molecule has 0 fully saturated rings. The molecule has 104 valence electrons. The number of carbonyl (C=O) groups is 1. The molecule has 1 aromatic carbocycles. The zero-order chi connectivity index (χ0) is 14.5. The number of nitrogens with zero attached hydrogens (tertiary/aromatic N) is 3. The lowest BCUT2D eigenvalue weighted by Gasteiger charge is -2.07. The van der Waals surface area contributed by atoms with E-state index in [0.29, 0.717) is 24.0 Å². The molecule has 6 heteroatoms. The molecule has 0 spiro atoms. The SMILES string of the molecule is N#Cc1cccc2c1nc(CCl)n2CCCCC(N)=O. The van der Waals surface area contributed by atoms with Crippen molar-refractivity contribution in [2.24, 2.45) is 5.73 Å². The van der Waals surface area contributed by atoms with Crippen LogP contribution in [0.15, 0.2) is 18.2 Å². The summed E-state index contributed by atoms with van der Waals surface area (Å²) in [4.78, 5) is 15.2. The number of imidazole rings is 1. The fourth-order valence-corrected chi connectivity index (χ4v) is 2.41. The first-order valence-electron chi connectivity index (χ1n) is 6.40. The number of rotatable bonds is 6. The molecule has 0 unspecified atom stereocenters. The van der Waals surface area contributed by atoms with E-state index in [4.69, 9.17) is 22.6 Å². The molecule has 2 N–H and O–H groups in total. The summed E-state index contributed by atoms with van der Waals surface area (Å²) < 4.78 is 2.00. The van der Waals surface area contributed by atoms with Gasteiger partial charge in [-0.3, -0.25) is 4.79 Å². The second-order valence-electron chi connectivity index (χ2n) is 4.52. The number of aryl methyl sites for hydroxylation is 1. The number of hydrogen-bond donors (Lipinski definition) is 1. The van der Waals surface area contributed by atoms with Gasteiger partial charge in [0.15, 0.2) is 0 Å². The van der Waals surface area contributed by atoms with Crippen molar-refractivity contribution in [3.63, 3.8) is 0 Å². The second-order valence-corrected chi connectivity index (χ2v) is 4.79. The number of unbranched alkanes of at least 4 members (excludes halogenated alkanes) is 1. The van der Waals surface area contributed by atoms with Crippen molar-refractivity contribution in [2.75, 3.05) is 0 Å². The number of carbonyl (C=O) groups excluding carboxylic acids is 1. The lowest BCUT2D eigenvalue weighted by atomic mass is 10.2. The number of nitrogens with two attached hydrogens (primary N) is 1. The van der Waals surface area contributed by atoms with Gasteiger partial charge in [0.1, 0.15) is 17.4 Å². The quantitative estimate of drug-likeness (QED) is 0.654. The topological polar surface area (TPSA) is 84.7 Å². The van der Waals surface area contributed by atoms with E-state index in [1.807, 2.05) is 16.7 Å². The number of nitriles is 1. The smallest absolute Gasteiger partial charge is 0.217 e. The molecule has 0 bridgehead atoms. The summed E-state index contributed by atoms with van der Waals surface area (Å²) in [6, 6.07) is 7.64. The van der Waals surface area contributed by atoms with Crippen LogP contribution >= 0.6 is 11.6 Å². The minimum absolute atomic E-state index is 0.287. The molecule has 0 aliphatic carbocycles. The van der Waals surface area contributed by atoms with Crippen LogP contribution in [0.25, 0.3) is 11.0 Å². The summed E-state index contributed by atoms with van der Waals surface area (Å²) in [5.74, 6) is 0.739. The molecule has 1 amide bonds. The van der Waals surface area contributed by atoms with E-state index in [0.717, 1.165) is 24.2 Å². The Labute approximate surface area is 122 Å². The van der Waals surface area contributed by atoms with Crippen molar-refractivity contribution >= 4 is 28.5 Å². The summed E-state index contributed by atoms with van der Waals surface area (Å²) in [5.41, 5.74) is 7.25. The molecule has 1 aromatic heterocycles. The van der Waals surface area contributed by atoms with Gasteiger partial charge in [0, 0.05) is 13.0 Å². The largest absolute Gasteiger partial charge is 0.370 e. The van der Waals surface area contributed by atoms with E-state index in [9.17, 15) is 4.79 Å². The van der Waals surface area contributed by atoms with Crippen LogP contribution in [0.2, 0.25) is 0 Å². The first-order valence-corrected chi connectivity index (χ1v) is 6.93.